The highest BCUT2D eigenvalue weighted by Gasteiger charge is 2.30. The number of hydrogen-bond donors (Lipinski definition) is 1. The van der Waals surface area contributed by atoms with Gasteiger partial charge in [0.25, 0.3) is 5.91 Å². The molecule has 8 nitrogen and oxygen atoms in total. The van der Waals surface area contributed by atoms with Crippen molar-refractivity contribution in [3.8, 4) is 0 Å². The van der Waals surface area contributed by atoms with Gasteiger partial charge in [-0.1, -0.05) is 5.21 Å². The first-order valence-corrected chi connectivity index (χ1v) is 6.81. The lowest BCUT2D eigenvalue weighted by Crippen LogP contribution is -2.42. The molecule has 0 saturated heterocycles. The summed E-state index contributed by atoms with van der Waals surface area (Å²) in [6.07, 6.45) is -1.41. The van der Waals surface area contributed by atoms with Crippen LogP contribution in [-0.4, -0.2) is 48.7 Å². The van der Waals surface area contributed by atoms with Crippen LogP contribution >= 0.6 is 0 Å². The van der Waals surface area contributed by atoms with E-state index in [0.29, 0.717) is 0 Å². The van der Waals surface area contributed by atoms with Crippen LogP contribution in [0.25, 0.3) is 5.65 Å². The van der Waals surface area contributed by atoms with Gasteiger partial charge >= 0.3 is 5.69 Å². The summed E-state index contributed by atoms with van der Waals surface area (Å²) in [5.74, 6) is -0.628. The number of nitrogens with zero attached hydrogens (tertiary/aromatic N) is 5. The molecule has 0 radical (unpaired) electrons. The van der Waals surface area contributed by atoms with Crippen molar-refractivity contribution in [2.45, 2.75) is 37.6 Å². The van der Waals surface area contributed by atoms with Crippen molar-refractivity contribution in [1.29, 1.82) is 0 Å². The van der Waals surface area contributed by atoms with Gasteiger partial charge in [0.1, 0.15) is 18.7 Å². The zero-order valence-electron chi connectivity index (χ0n) is 11.7. The van der Waals surface area contributed by atoms with Crippen molar-refractivity contribution in [1.82, 2.24) is 29.7 Å². The fourth-order valence-electron chi connectivity index (χ4n) is 2.60. The minimum Gasteiger partial charge on any atom is -0.348 e. The number of imidazole rings is 1. The molecule has 0 aliphatic heterocycles. The van der Waals surface area contributed by atoms with Crippen molar-refractivity contribution >= 4 is 11.6 Å². The van der Waals surface area contributed by atoms with Gasteiger partial charge in [-0.05, 0) is 12.8 Å². The molecule has 1 N–H and O–H groups in total. The molecule has 1 saturated carbocycles. The summed E-state index contributed by atoms with van der Waals surface area (Å²) < 4.78 is 28.8. The third-order valence-corrected chi connectivity index (χ3v) is 3.64. The van der Waals surface area contributed by atoms with E-state index < -0.39 is 30.0 Å². The molecule has 1 aliphatic carbocycles. The van der Waals surface area contributed by atoms with Gasteiger partial charge in [-0.15, -0.1) is 5.10 Å². The van der Waals surface area contributed by atoms with E-state index >= 15 is 0 Å². The number of amides is 1. The minimum atomic E-state index is -1.28. The number of aromatic nitrogens is 5. The molecule has 2 atom stereocenters. The maximum Gasteiger partial charge on any atom is 0.352 e. The quantitative estimate of drug-likeness (QED) is 0.827. The van der Waals surface area contributed by atoms with Crippen LogP contribution in [0.1, 0.15) is 29.8 Å². The second-order valence-electron chi connectivity index (χ2n) is 5.35. The summed E-state index contributed by atoms with van der Waals surface area (Å²) >= 11 is 0. The van der Waals surface area contributed by atoms with Crippen LogP contribution in [0.3, 0.4) is 0 Å². The molecule has 2 aromatic heterocycles. The Balaban J connectivity index is 1.84. The second-order valence-corrected chi connectivity index (χ2v) is 5.35. The molecule has 2 unspecified atom stereocenters. The van der Waals surface area contributed by atoms with Gasteiger partial charge in [-0.25, -0.2) is 23.0 Å². The van der Waals surface area contributed by atoms with Crippen LogP contribution in [0.4, 0.5) is 8.78 Å². The first-order chi connectivity index (χ1) is 10.5. The van der Waals surface area contributed by atoms with Gasteiger partial charge in [0.2, 0.25) is 0 Å². The lowest BCUT2D eigenvalue weighted by Gasteiger charge is -2.27. The summed E-state index contributed by atoms with van der Waals surface area (Å²) in [5, 5.41) is 9.87. The van der Waals surface area contributed by atoms with Crippen molar-refractivity contribution in [3.63, 3.8) is 0 Å². The Bertz CT molecular complexity index is 763. The molecular weight excluding hydrogens is 298 g/mol. The maximum absolute atomic E-state index is 13.3. The molecule has 3 rings (SSSR count). The van der Waals surface area contributed by atoms with E-state index in [4.69, 9.17) is 0 Å². The van der Waals surface area contributed by atoms with Crippen LogP contribution in [0.15, 0.2) is 11.1 Å². The Morgan fingerprint density at radius 2 is 2.00 bits per heavy atom. The fraction of sp³-hybridized carbons (Fsp3) is 0.583. The first-order valence-electron chi connectivity index (χ1n) is 6.81. The average molecular weight is 312 g/mol. The molecule has 0 bridgehead atoms. The third kappa shape index (κ3) is 2.55. The summed E-state index contributed by atoms with van der Waals surface area (Å²) in [7, 11) is 1.42. The van der Waals surface area contributed by atoms with E-state index in [2.05, 4.69) is 20.6 Å². The number of aryl methyl sites for hydroxylation is 1. The fourth-order valence-corrected chi connectivity index (χ4v) is 2.60. The van der Waals surface area contributed by atoms with Crippen LogP contribution in [0, 0.1) is 0 Å². The van der Waals surface area contributed by atoms with E-state index in [1.165, 1.54) is 7.05 Å². The molecule has 0 aromatic carbocycles. The number of hydrogen-bond acceptors (Lipinski definition) is 5. The first kappa shape index (κ1) is 14.5. The van der Waals surface area contributed by atoms with Gasteiger partial charge in [0.05, 0.1) is 0 Å². The third-order valence-electron chi connectivity index (χ3n) is 3.64. The van der Waals surface area contributed by atoms with Crippen molar-refractivity contribution in [2.75, 3.05) is 0 Å². The molecule has 2 heterocycles. The zero-order chi connectivity index (χ0) is 15.9. The van der Waals surface area contributed by atoms with Crippen LogP contribution in [0.2, 0.25) is 0 Å². The van der Waals surface area contributed by atoms with Crippen LogP contribution in [-0.2, 0) is 7.05 Å². The molecule has 118 valence electrons. The molecule has 1 aliphatic rings. The Morgan fingerprint density at radius 3 is 2.68 bits per heavy atom. The summed E-state index contributed by atoms with van der Waals surface area (Å²) in [6.45, 7) is 0. The normalized spacial score (nSPS) is 25.3. The number of fused-ring (bicyclic) bond motifs is 1. The number of rotatable bonds is 2. The average Bonchev–Trinajstić information content (AvgIpc) is 2.86. The summed E-state index contributed by atoms with van der Waals surface area (Å²) in [5.41, 5.74) is -0.589. The molecule has 0 spiro atoms. The summed E-state index contributed by atoms with van der Waals surface area (Å²) in [6, 6.07) is -0.609. The Labute approximate surface area is 123 Å². The van der Waals surface area contributed by atoms with Gasteiger partial charge in [-0.3, -0.25) is 4.79 Å². The number of carbonyl (C=O) groups excluding carboxylic acids is 1. The molecule has 2 aromatic rings. The predicted molar refractivity (Wildman–Crippen MR) is 70.9 cm³/mol. The standard InChI is InChI=1S/C12H14F2N6O2/c1-19-12(22)20-5-15-9(10(20)17-18-19)11(21)16-8-3-6(13)2-7(14)4-8/h5-8H,2-4H2,1H3,(H,16,21). The largest absolute Gasteiger partial charge is 0.352 e. The summed E-state index contributed by atoms with van der Waals surface area (Å²) in [4.78, 5) is 27.8. The molecule has 10 heteroatoms. The van der Waals surface area contributed by atoms with Crippen molar-refractivity contribution in [2.24, 2.45) is 7.05 Å². The molecular formula is C12H14F2N6O2. The second kappa shape index (κ2) is 5.43. The van der Waals surface area contributed by atoms with E-state index in [0.717, 1.165) is 15.4 Å². The highest BCUT2D eigenvalue weighted by molar-refractivity contribution is 5.97. The molecule has 1 amide bonds. The monoisotopic (exact) mass is 312 g/mol. The van der Waals surface area contributed by atoms with Crippen LogP contribution in [0.5, 0.6) is 0 Å². The van der Waals surface area contributed by atoms with E-state index in [1.807, 2.05) is 0 Å². The Kier molecular flexibility index (Phi) is 3.59. The number of carbonyl (C=O) groups is 1. The van der Waals surface area contributed by atoms with Crippen LogP contribution < -0.4 is 11.0 Å². The smallest absolute Gasteiger partial charge is 0.348 e. The van der Waals surface area contributed by atoms with Crippen molar-refractivity contribution < 1.29 is 13.6 Å². The maximum atomic E-state index is 13.3. The highest BCUT2D eigenvalue weighted by atomic mass is 19.1. The van der Waals surface area contributed by atoms with Crippen molar-refractivity contribution in [3.05, 3.63) is 22.5 Å². The lowest BCUT2D eigenvalue weighted by molar-refractivity contribution is 0.0863. The van der Waals surface area contributed by atoms with E-state index in [9.17, 15) is 18.4 Å². The number of halogens is 2. The number of alkyl halides is 2. The Hall–Kier alpha value is -2.39. The predicted octanol–water partition coefficient (Wildman–Crippen LogP) is -0.219. The molecule has 1 fully saturated rings. The van der Waals surface area contributed by atoms with Gasteiger partial charge in [0.15, 0.2) is 11.3 Å². The van der Waals surface area contributed by atoms with Gasteiger partial charge in [-0.2, -0.15) is 4.68 Å². The Morgan fingerprint density at radius 1 is 1.32 bits per heavy atom. The number of nitrogens with one attached hydrogen (secondary N) is 1. The zero-order valence-corrected chi connectivity index (χ0v) is 11.7. The molecule has 22 heavy (non-hydrogen) atoms. The minimum absolute atomic E-state index is 0.00464. The van der Waals surface area contributed by atoms with Gasteiger partial charge in [0, 0.05) is 19.5 Å². The van der Waals surface area contributed by atoms with E-state index in [-0.39, 0.29) is 30.6 Å². The topological polar surface area (TPSA) is 94.2 Å². The highest BCUT2D eigenvalue weighted by Crippen LogP contribution is 2.24. The SMILES string of the molecule is Cn1nnc2c(C(=O)NC3CC(F)CC(F)C3)ncn2c1=O. The lowest BCUT2D eigenvalue weighted by atomic mass is 9.92. The van der Waals surface area contributed by atoms with Gasteiger partial charge < -0.3 is 5.32 Å². The van der Waals surface area contributed by atoms with E-state index in [1.54, 1.807) is 0 Å².